The molecule has 0 aliphatic carbocycles. The van der Waals surface area contributed by atoms with E-state index in [1.807, 2.05) is 6.92 Å². The molecule has 0 saturated heterocycles. The summed E-state index contributed by atoms with van der Waals surface area (Å²) < 4.78 is 13.8. The van der Waals surface area contributed by atoms with Gasteiger partial charge in [0.1, 0.15) is 5.82 Å². The number of hydrogen-bond acceptors (Lipinski definition) is 2. The topological polar surface area (TPSA) is 29.1 Å². The summed E-state index contributed by atoms with van der Waals surface area (Å²) in [6.45, 7) is 2.64. The van der Waals surface area contributed by atoms with Crippen molar-refractivity contribution in [3.05, 3.63) is 35.0 Å². The Bertz CT molecular complexity index is 569. The van der Waals surface area contributed by atoms with Crippen molar-refractivity contribution in [2.24, 2.45) is 0 Å². The smallest absolute Gasteiger partial charge is 0.261 e. The van der Waals surface area contributed by atoms with Crippen molar-refractivity contribution >= 4 is 43.3 Å². The number of alkyl halides is 1. The van der Waals surface area contributed by atoms with E-state index in [4.69, 9.17) is 0 Å². The molecule has 0 fully saturated rings. The predicted octanol–water partition coefficient (Wildman–Crippen LogP) is 3.94. The van der Waals surface area contributed by atoms with Crippen molar-refractivity contribution in [3.8, 4) is 0 Å². The number of benzene rings is 1. The van der Waals surface area contributed by atoms with E-state index in [1.165, 1.54) is 23.5 Å². The zero-order valence-corrected chi connectivity index (χ0v) is 12.3. The average molecular weight is 330 g/mol. The van der Waals surface area contributed by atoms with Crippen LogP contribution >= 0.6 is 27.3 Å². The predicted molar refractivity (Wildman–Crippen MR) is 77.1 cm³/mol. The lowest BCUT2D eigenvalue weighted by atomic mass is 10.2. The second kappa shape index (κ2) is 5.80. The maximum Gasteiger partial charge on any atom is 0.261 e. The molecule has 0 radical (unpaired) electrons. The lowest BCUT2D eigenvalue weighted by molar-refractivity contribution is 0.0958. The summed E-state index contributed by atoms with van der Waals surface area (Å²) in [6, 6.07) is 6.35. The number of hydrogen-bond donors (Lipinski definition) is 1. The molecule has 1 aromatic carbocycles. The van der Waals surface area contributed by atoms with Gasteiger partial charge in [0.25, 0.3) is 5.91 Å². The third-order valence-electron chi connectivity index (χ3n) is 2.63. The number of amides is 1. The maximum absolute atomic E-state index is 13.0. The van der Waals surface area contributed by atoms with Crippen LogP contribution in [0.5, 0.6) is 0 Å². The molecule has 0 aliphatic heterocycles. The summed E-state index contributed by atoms with van der Waals surface area (Å²) >= 11 is 4.77. The zero-order chi connectivity index (χ0) is 13.1. The van der Waals surface area contributed by atoms with Crippen molar-refractivity contribution in [2.75, 3.05) is 6.54 Å². The minimum Gasteiger partial charge on any atom is -0.350 e. The SMILES string of the molecule is CCC(Br)CNC(=O)c1cc2ccc(F)cc2s1. The van der Waals surface area contributed by atoms with Crippen molar-refractivity contribution in [2.45, 2.75) is 18.2 Å². The molecule has 2 nitrogen and oxygen atoms in total. The molecule has 2 aromatic rings. The summed E-state index contributed by atoms with van der Waals surface area (Å²) in [4.78, 5) is 12.8. The highest BCUT2D eigenvalue weighted by Gasteiger charge is 2.11. The van der Waals surface area contributed by atoms with Crippen LogP contribution in [-0.4, -0.2) is 17.3 Å². The largest absolute Gasteiger partial charge is 0.350 e. The molecule has 1 atom stereocenters. The molecule has 5 heteroatoms. The number of rotatable bonds is 4. The Labute approximate surface area is 117 Å². The van der Waals surface area contributed by atoms with E-state index in [1.54, 1.807) is 12.1 Å². The van der Waals surface area contributed by atoms with E-state index in [2.05, 4.69) is 21.2 Å². The van der Waals surface area contributed by atoms with E-state index < -0.39 is 0 Å². The van der Waals surface area contributed by atoms with Crippen LogP contribution in [0.4, 0.5) is 4.39 Å². The molecule has 96 valence electrons. The molecular formula is C13H13BrFNOS. The van der Waals surface area contributed by atoms with Crippen LogP contribution in [0.1, 0.15) is 23.0 Å². The Balaban J connectivity index is 2.13. The summed E-state index contributed by atoms with van der Waals surface area (Å²) in [5.41, 5.74) is 0. The normalized spacial score (nSPS) is 12.6. The van der Waals surface area contributed by atoms with E-state index in [0.717, 1.165) is 16.5 Å². The Morgan fingerprint density at radius 2 is 2.28 bits per heavy atom. The monoisotopic (exact) mass is 329 g/mol. The number of carbonyl (C=O) groups is 1. The van der Waals surface area contributed by atoms with E-state index >= 15 is 0 Å². The molecule has 0 spiro atoms. The van der Waals surface area contributed by atoms with Gasteiger partial charge in [-0.25, -0.2) is 4.39 Å². The summed E-state index contributed by atoms with van der Waals surface area (Å²) in [5.74, 6) is -0.377. The number of fused-ring (bicyclic) bond motifs is 1. The molecule has 1 heterocycles. The van der Waals surface area contributed by atoms with Crippen LogP contribution in [0.3, 0.4) is 0 Å². The number of thiophene rings is 1. The van der Waals surface area contributed by atoms with Gasteiger partial charge in [-0.15, -0.1) is 11.3 Å². The first-order valence-electron chi connectivity index (χ1n) is 5.71. The Morgan fingerprint density at radius 1 is 1.50 bits per heavy atom. The summed E-state index contributed by atoms with van der Waals surface area (Å²) in [7, 11) is 0. The average Bonchev–Trinajstić information content (AvgIpc) is 2.78. The molecule has 0 bridgehead atoms. The molecule has 1 unspecified atom stereocenters. The van der Waals surface area contributed by atoms with E-state index in [-0.39, 0.29) is 16.6 Å². The molecule has 1 N–H and O–H groups in total. The van der Waals surface area contributed by atoms with Crippen molar-refractivity contribution in [1.82, 2.24) is 5.32 Å². The highest BCUT2D eigenvalue weighted by molar-refractivity contribution is 9.09. The molecule has 0 aliphatic rings. The first-order valence-corrected chi connectivity index (χ1v) is 7.44. The Hall–Kier alpha value is -0.940. The van der Waals surface area contributed by atoms with Crippen LogP contribution < -0.4 is 5.32 Å². The quantitative estimate of drug-likeness (QED) is 0.845. The third kappa shape index (κ3) is 3.09. The minimum absolute atomic E-state index is 0.102. The summed E-state index contributed by atoms with van der Waals surface area (Å²) in [6.07, 6.45) is 0.956. The first kappa shape index (κ1) is 13.5. The van der Waals surface area contributed by atoms with Gasteiger partial charge in [-0.3, -0.25) is 4.79 Å². The fourth-order valence-corrected chi connectivity index (χ4v) is 2.72. The highest BCUT2D eigenvalue weighted by Crippen LogP contribution is 2.26. The Kier molecular flexibility index (Phi) is 4.35. The Morgan fingerprint density at radius 3 is 3.00 bits per heavy atom. The van der Waals surface area contributed by atoms with Gasteiger partial charge in [-0.05, 0) is 30.0 Å². The second-order valence-corrected chi connectivity index (χ2v) is 6.39. The number of nitrogens with one attached hydrogen (secondary N) is 1. The fraction of sp³-hybridized carbons (Fsp3) is 0.308. The molecule has 2 rings (SSSR count). The maximum atomic E-state index is 13.0. The van der Waals surface area contributed by atoms with E-state index in [0.29, 0.717) is 11.4 Å². The van der Waals surface area contributed by atoms with Crippen molar-refractivity contribution < 1.29 is 9.18 Å². The van der Waals surface area contributed by atoms with Gasteiger partial charge in [0.2, 0.25) is 0 Å². The van der Waals surface area contributed by atoms with Crippen molar-refractivity contribution in [1.29, 1.82) is 0 Å². The lowest BCUT2D eigenvalue weighted by Gasteiger charge is -2.07. The van der Waals surface area contributed by atoms with Gasteiger partial charge in [-0.2, -0.15) is 0 Å². The third-order valence-corrected chi connectivity index (χ3v) is 4.70. The van der Waals surface area contributed by atoms with Gasteiger partial charge in [-0.1, -0.05) is 28.9 Å². The van der Waals surface area contributed by atoms with Crippen molar-refractivity contribution in [3.63, 3.8) is 0 Å². The zero-order valence-electron chi connectivity index (χ0n) is 9.87. The molecule has 1 amide bonds. The fourth-order valence-electron chi connectivity index (χ4n) is 1.55. The van der Waals surface area contributed by atoms with Crippen LogP contribution in [-0.2, 0) is 0 Å². The van der Waals surface area contributed by atoms with Crippen LogP contribution in [0, 0.1) is 5.82 Å². The first-order chi connectivity index (χ1) is 8.60. The minimum atomic E-state index is -0.275. The summed E-state index contributed by atoms with van der Waals surface area (Å²) in [5, 5.41) is 3.76. The van der Waals surface area contributed by atoms with Crippen LogP contribution in [0.25, 0.3) is 10.1 Å². The van der Waals surface area contributed by atoms with Gasteiger partial charge in [0.15, 0.2) is 0 Å². The van der Waals surface area contributed by atoms with Crippen LogP contribution in [0.2, 0.25) is 0 Å². The second-order valence-electron chi connectivity index (χ2n) is 4.01. The molecular weight excluding hydrogens is 317 g/mol. The molecule has 0 saturated carbocycles. The number of halogens is 2. The molecule has 18 heavy (non-hydrogen) atoms. The van der Waals surface area contributed by atoms with Gasteiger partial charge in [0, 0.05) is 16.1 Å². The van der Waals surface area contributed by atoms with Gasteiger partial charge in [0.05, 0.1) is 4.88 Å². The van der Waals surface area contributed by atoms with Crippen LogP contribution in [0.15, 0.2) is 24.3 Å². The number of carbonyl (C=O) groups excluding carboxylic acids is 1. The van der Waals surface area contributed by atoms with Gasteiger partial charge >= 0.3 is 0 Å². The van der Waals surface area contributed by atoms with Gasteiger partial charge < -0.3 is 5.32 Å². The molecule has 1 aromatic heterocycles. The highest BCUT2D eigenvalue weighted by atomic mass is 79.9. The van der Waals surface area contributed by atoms with E-state index in [9.17, 15) is 9.18 Å². The standard InChI is InChI=1S/C13H13BrFNOS/c1-2-9(14)7-16-13(17)12-5-8-3-4-10(15)6-11(8)18-12/h3-6,9H,2,7H2,1H3,(H,16,17). The lowest BCUT2D eigenvalue weighted by Crippen LogP contribution is -2.28.